The van der Waals surface area contributed by atoms with Gasteiger partial charge >= 0.3 is 0 Å². The third kappa shape index (κ3) is 5.44. The molecule has 0 bridgehead atoms. The van der Waals surface area contributed by atoms with E-state index in [1.807, 2.05) is 44.4 Å². The van der Waals surface area contributed by atoms with E-state index < -0.39 is 4.92 Å². The molecule has 1 N–H and O–H groups in total. The molecule has 32 heavy (non-hydrogen) atoms. The molecule has 0 saturated heterocycles. The first-order chi connectivity index (χ1) is 15.3. The number of hydrogen-bond acceptors (Lipinski definition) is 7. The number of nitrogens with one attached hydrogen (secondary N) is 1. The number of aromatic nitrogens is 3. The Morgan fingerprint density at radius 3 is 2.69 bits per heavy atom. The van der Waals surface area contributed by atoms with Crippen molar-refractivity contribution in [2.45, 2.75) is 45.5 Å². The van der Waals surface area contributed by atoms with Crippen LogP contribution >= 0.6 is 11.8 Å². The van der Waals surface area contributed by atoms with Crippen molar-refractivity contribution < 1.29 is 14.5 Å². The summed E-state index contributed by atoms with van der Waals surface area (Å²) in [5, 5.41) is 22.8. The van der Waals surface area contributed by atoms with E-state index in [4.69, 9.17) is 4.74 Å². The van der Waals surface area contributed by atoms with Gasteiger partial charge in [-0.3, -0.25) is 14.9 Å². The number of amides is 1. The minimum absolute atomic E-state index is 0.0382. The van der Waals surface area contributed by atoms with E-state index in [9.17, 15) is 14.9 Å². The fourth-order valence-electron chi connectivity index (χ4n) is 3.23. The summed E-state index contributed by atoms with van der Waals surface area (Å²) >= 11 is 1.21. The highest BCUT2D eigenvalue weighted by Gasteiger charge is 2.21. The Labute approximate surface area is 190 Å². The summed E-state index contributed by atoms with van der Waals surface area (Å²) < 4.78 is 8.01. The molecule has 3 rings (SSSR count). The van der Waals surface area contributed by atoms with E-state index in [0.29, 0.717) is 17.5 Å². The van der Waals surface area contributed by atoms with Crippen molar-refractivity contribution in [1.29, 1.82) is 0 Å². The van der Waals surface area contributed by atoms with E-state index in [0.717, 1.165) is 16.9 Å². The topological polar surface area (TPSA) is 112 Å². The number of benzene rings is 2. The minimum atomic E-state index is -0.528. The number of hydrogen-bond donors (Lipinski definition) is 1. The number of nitro benzene ring substituents is 1. The predicted octanol–water partition coefficient (Wildman–Crippen LogP) is 4.69. The van der Waals surface area contributed by atoms with E-state index in [-0.39, 0.29) is 29.1 Å². The zero-order valence-corrected chi connectivity index (χ0v) is 19.2. The average molecular weight is 456 g/mol. The normalized spacial score (nSPS) is 11.8. The van der Waals surface area contributed by atoms with Crippen molar-refractivity contribution in [3.05, 3.63) is 69.5 Å². The molecule has 1 heterocycles. The van der Waals surface area contributed by atoms with Gasteiger partial charge in [-0.15, -0.1) is 10.2 Å². The van der Waals surface area contributed by atoms with Gasteiger partial charge in [0.25, 0.3) is 5.69 Å². The Hall–Kier alpha value is -3.40. The number of nitro groups is 1. The summed E-state index contributed by atoms with van der Waals surface area (Å²) in [7, 11) is 0. The number of anilines is 1. The third-order valence-electron chi connectivity index (χ3n) is 4.77. The highest BCUT2D eigenvalue weighted by Crippen LogP contribution is 2.28. The summed E-state index contributed by atoms with van der Waals surface area (Å²) in [5.41, 5.74) is 2.22. The van der Waals surface area contributed by atoms with Crippen molar-refractivity contribution >= 4 is 29.0 Å². The van der Waals surface area contributed by atoms with Crippen molar-refractivity contribution in [3.8, 4) is 5.75 Å². The van der Waals surface area contributed by atoms with Crippen molar-refractivity contribution in [3.63, 3.8) is 0 Å². The van der Waals surface area contributed by atoms with Gasteiger partial charge in [-0.2, -0.15) is 0 Å². The van der Waals surface area contributed by atoms with Gasteiger partial charge < -0.3 is 14.6 Å². The van der Waals surface area contributed by atoms with Crippen LogP contribution in [-0.4, -0.2) is 31.3 Å². The third-order valence-corrected chi connectivity index (χ3v) is 5.73. The number of thioether (sulfide) groups is 1. The van der Waals surface area contributed by atoms with Gasteiger partial charge in [-0.05, 0) is 45.4 Å². The van der Waals surface area contributed by atoms with Crippen LogP contribution in [0.2, 0.25) is 0 Å². The largest absolute Gasteiger partial charge is 0.482 e. The van der Waals surface area contributed by atoms with E-state index in [2.05, 4.69) is 21.6 Å². The van der Waals surface area contributed by atoms with Crippen LogP contribution in [0.5, 0.6) is 5.75 Å². The number of rotatable bonds is 9. The lowest BCUT2D eigenvalue weighted by atomic mass is 10.1. The van der Waals surface area contributed by atoms with Gasteiger partial charge in [-0.25, -0.2) is 0 Å². The Bertz CT molecular complexity index is 1130. The molecule has 0 aliphatic heterocycles. The summed E-state index contributed by atoms with van der Waals surface area (Å²) in [5.74, 6) is 1.12. The molecule has 9 nitrogen and oxygen atoms in total. The molecular formula is C22H25N5O4S. The van der Waals surface area contributed by atoms with Gasteiger partial charge in [0, 0.05) is 12.6 Å². The van der Waals surface area contributed by atoms with Crippen LogP contribution in [0.1, 0.15) is 36.9 Å². The smallest absolute Gasteiger partial charge is 0.292 e. The van der Waals surface area contributed by atoms with Crippen molar-refractivity contribution in [2.75, 3.05) is 11.1 Å². The van der Waals surface area contributed by atoms with Crippen LogP contribution in [0.25, 0.3) is 0 Å². The highest BCUT2D eigenvalue weighted by atomic mass is 32.2. The van der Waals surface area contributed by atoms with Crippen LogP contribution in [0, 0.1) is 24.0 Å². The Morgan fingerprint density at radius 2 is 2.00 bits per heavy atom. The summed E-state index contributed by atoms with van der Waals surface area (Å²) in [6.45, 7) is 8.51. The van der Waals surface area contributed by atoms with Crippen molar-refractivity contribution in [1.82, 2.24) is 14.8 Å². The average Bonchev–Trinajstić information content (AvgIpc) is 3.17. The standard InChI is InChI=1S/C22H25N5O4S/c1-5-26-21(16(4)31-19-11-10-14(2)12-15(19)3)24-25-22(26)32-13-20(28)23-17-8-6-7-9-18(17)27(29)30/h6-12,16H,5,13H2,1-4H3,(H,23,28). The first-order valence-corrected chi connectivity index (χ1v) is 11.1. The molecule has 0 aliphatic carbocycles. The fourth-order valence-corrected chi connectivity index (χ4v) is 4.04. The number of aryl methyl sites for hydroxylation is 2. The number of nitrogens with zero attached hydrogens (tertiary/aromatic N) is 4. The van der Waals surface area contributed by atoms with Gasteiger partial charge in [-0.1, -0.05) is 41.6 Å². The lowest BCUT2D eigenvalue weighted by Crippen LogP contribution is -2.16. The van der Waals surface area contributed by atoms with Crippen LogP contribution in [-0.2, 0) is 11.3 Å². The molecule has 0 fully saturated rings. The van der Waals surface area contributed by atoms with Crippen LogP contribution in [0.4, 0.5) is 11.4 Å². The Balaban J connectivity index is 1.67. The second-order valence-corrected chi connectivity index (χ2v) is 8.17. The molecule has 1 unspecified atom stereocenters. The molecule has 1 aromatic heterocycles. The first kappa shape index (κ1) is 23.3. The Kier molecular flexibility index (Phi) is 7.47. The molecule has 0 spiro atoms. The second kappa shape index (κ2) is 10.3. The fraction of sp³-hybridized carbons (Fsp3) is 0.318. The number of ether oxygens (including phenoxy) is 1. The molecule has 3 aromatic rings. The molecule has 10 heteroatoms. The number of carbonyl (C=O) groups is 1. The zero-order valence-electron chi connectivity index (χ0n) is 18.4. The van der Waals surface area contributed by atoms with Crippen LogP contribution in [0.15, 0.2) is 47.6 Å². The Morgan fingerprint density at radius 1 is 1.25 bits per heavy atom. The van der Waals surface area contributed by atoms with Gasteiger partial charge in [0.2, 0.25) is 5.91 Å². The zero-order chi connectivity index (χ0) is 23.3. The van der Waals surface area contributed by atoms with E-state index in [1.54, 1.807) is 12.1 Å². The quantitative estimate of drug-likeness (QED) is 0.283. The van der Waals surface area contributed by atoms with E-state index >= 15 is 0 Å². The van der Waals surface area contributed by atoms with Crippen molar-refractivity contribution in [2.24, 2.45) is 0 Å². The number of para-hydroxylation sites is 2. The molecule has 168 valence electrons. The summed E-state index contributed by atoms with van der Waals surface area (Å²) in [6, 6.07) is 12.0. The monoisotopic (exact) mass is 455 g/mol. The maximum atomic E-state index is 12.4. The molecule has 0 radical (unpaired) electrons. The van der Waals surface area contributed by atoms with Crippen LogP contribution < -0.4 is 10.1 Å². The lowest BCUT2D eigenvalue weighted by molar-refractivity contribution is -0.383. The maximum Gasteiger partial charge on any atom is 0.292 e. The van der Waals surface area contributed by atoms with Gasteiger partial charge in [0.15, 0.2) is 17.1 Å². The molecule has 1 amide bonds. The van der Waals surface area contributed by atoms with Gasteiger partial charge in [0.05, 0.1) is 10.7 Å². The maximum absolute atomic E-state index is 12.4. The summed E-state index contributed by atoms with van der Waals surface area (Å²) in [6.07, 6.45) is -0.334. The molecular weight excluding hydrogens is 430 g/mol. The molecule has 0 aliphatic rings. The van der Waals surface area contributed by atoms with E-state index in [1.165, 1.54) is 23.9 Å². The predicted molar refractivity (Wildman–Crippen MR) is 123 cm³/mol. The van der Waals surface area contributed by atoms with Gasteiger partial charge in [0.1, 0.15) is 11.4 Å². The SMILES string of the molecule is CCn1c(SCC(=O)Nc2ccccc2[N+](=O)[O-])nnc1C(C)Oc1ccc(C)cc1C. The minimum Gasteiger partial charge on any atom is -0.482 e. The summed E-state index contributed by atoms with van der Waals surface area (Å²) in [4.78, 5) is 23.0. The second-order valence-electron chi connectivity index (χ2n) is 7.23. The first-order valence-electron chi connectivity index (χ1n) is 10.1. The van der Waals surface area contributed by atoms with Crippen LogP contribution in [0.3, 0.4) is 0 Å². The molecule has 2 aromatic carbocycles. The molecule has 0 saturated carbocycles. The highest BCUT2D eigenvalue weighted by molar-refractivity contribution is 7.99. The lowest BCUT2D eigenvalue weighted by Gasteiger charge is -2.17. The number of carbonyl (C=O) groups excluding carboxylic acids is 1. The molecule has 1 atom stereocenters.